The summed E-state index contributed by atoms with van der Waals surface area (Å²) in [7, 11) is 1.69. The molecule has 2 aromatic carbocycles. The Morgan fingerprint density at radius 2 is 1.62 bits per heavy atom. The van der Waals surface area contributed by atoms with Crippen LogP contribution in [0.4, 0.5) is 5.82 Å². The van der Waals surface area contributed by atoms with Gasteiger partial charge in [-0.2, -0.15) is 0 Å². The van der Waals surface area contributed by atoms with E-state index in [9.17, 15) is 0 Å². The minimum Gasteiger partial charge on any atom is -0.493 e. The highest BCUT2D eigenvalue weighted by Gasteiger charge is 2.18. The number of rotatable bonds is 7. The lowest BCUT2D eigenvalue weighted by Gasteiger charge is -2.35. The maximum absolute atomic E-state index is 5.97. The monoisotopic (exact) mass is 389 g/mol. The first-order valence-corrected chi connectivity index (χ1v) is 10.0. The quantitative estimate of drug-likeness (QED) is 0.611. The summed E-state index contributed by atoms with van der Waals surface area (Å²) in [5, 5.41) is 0. The molecule has 0 N–H and O–H groups in total. The van der Waals surface area contributed by atoms with Crippen molar-refractivity contribution in [1.82, 2.24) is 9.88 Å². The van der Waals surface area contributed by atoms with Crippen molar-refractivity contribution < 1.29 is 9.47 Å². The summed E-state index contributed by atoms with van der Waals surface area (Å²) in [6, 6.07) is 22.5. The molecule has 1 aromatic heterocycles. The zero-order valence-electron chi connectivity index (χ0n) is 16.8. The van der Waals surface area contributed by atoms with Gasteiger partial charge in [-0.1, -0.05) is 42.5 Å². The maximum Gasteiger partial charge on any atom is 0.161 e. The summed E-state index contributed by atoms with van der Waals surface area (Å²) in [6.07, 6.45) is 1.86. The van der Waals surface area contributed by atoms with Crippen molar-refractivity contribution in [2.24, 2.45) is 0 Å². The van der Waals surface area contributed by atoms with E-state index >= 15 is 0 Å². The summed E-state index contributed by atoms with van der Waals surface area (Å²) in [6.45, 7) is 5.46. The normalized spacial score (nSPS) is 14.6. The average molecular weight is 389 g/mol. The Labute approximate surface area is 172 Å². The van der Waals surface area contributed by atoms with Gasteiger partial charge in [0, 0.05) is 38.9 Å². The van der Waals surface area contributed by atoms with Crippen LogP contribution in [-0.2, 0) is 13.2 Å². The number of ether oxygens (including phenoxy) is 2. The second-order valence-corrected chi connectivity index (χ2v) is 7.21. The van der Waals surface area contributed by atoms with Crippen LogP contribution in [0, 0.1) is 0 Å². The Kier molecular flexibility index (Phi) is 6.27. The van der Waals surface area contributed by atoms with E-state index in [1.807, 2.05) is 42.6 Å². The number of nitrogens with zero attached hydrogens (tertiary/aromatic N) is 3. The van der Waals surface area contributed by atoms with Crippen molar-refractivity contribution in [1.29, 1.82) is 0 Å². The van der Waals surface area contributed by atoms with Crippen LogP contribution in [-0.4, -0.2) is 43.2 Å². The summed E-state index contributed by atoms with van der Waals surface area (Å²) < 4.78 is 11.5. The molecule has 0 unspecified atom stereocenters. The molecule has 0 atom stereocenters. The van der Waals surface area contributed by atoms with E-state index in [0.717, 1.165) is 55.6 Å². The number of hydrogen-bond donors (Lipinski definition) is 0. The smallest absolute Gasteiger partial charge is 0.161 e. The van der Waals surface area contributed by atoms with E-state index < -0.39 is 0 Å². The Balaban J connectivity index is 1.33. The van der Waals surface area contributed by atoms with E-state index in [-0.39, 0.29) is 0 Å². The van der Waals surface area contributed by atoms with Gasteiger partial charge in [-0.3, -0.25) is 4.90 Å². The summed E-state index contributed by atoms with van der Waals surface area (Å²) in [5.41, 5.74) is 2.38. The topological polar surface area (TPSA) is 37.8 Å². The highest BCUT2D eigenvalue weighted by molar-refractivity contribution is 5.43. The number of pyridine rings is 1. The molecule has 29 heavy (non-hydrogen) atoms. The van der Waals surface area contributed by atoms with Crippen molar-refractivity contribution in [3.63, 3.8) is 0 Å². The predicted octanol–water partition coefficient (Wildman–Crippen LogP) is 3.99. The molecule has 1 aliphatic rings. The van der Waals surface area contributed by atoms with Crippen LogP contribution in [0.2, 0.25) is 0 Å². The van der Waals surface area contributed by atoms with Crippen molar-refractivity contribution in [3.05, 3.63) is 84.1 Å². The van der Waals surface area contributed by atoms with Crippen LogP contribution in [0.3, 0.4) is 0 Å². The largest absolute Gasteiger partial charge is 0.493 e. The maximum atomic E-state index is 5.97. The fraction of sp³-hybridized carbons (Fsp3) is 0.292. The first kappa shape index (κ1) is 19.3. The second kappa shape index (κ2) is 9.43. The molecule has 1 aliphatic heterocycles. The Morgan fingerprint density at radius 3 is 2.34 bits per heavy atom. The predicted molar refractivity (Wildman–Crippen MR) is 115 cm³/mol. The molecule has 0 amide bonds. The van der Waals surface area contributed by atoms with Gasteiger partial charge in [0.25, 0.3) is 0 Å². The Hall–Kier alpha value is -3.05. The van der Waals surface area contributed by atoms with E-state index in [2.05, 4.69) is 45.1 Å². The van der Waals surface area contributed by atoms with E-state index in [0.29, 0.717) is 6.61 Å². The molecule has 4 rings (SSSR count). The molecule has 3 aromatic rings. The van der Waals surface area contributed by atoms with Gasteiger partial charge < -0.3 is 14.4 Å². The molecule has 0 radical (unpaired) electrons. The Bertz CT molecular complexity index is 895. The van der Waals surface area contributed by atoms with Crippen LogP contribution < -0.4 is 14.4 Å². The van der Waals surface area contributed by atoms with Crippen molar-refractivity contribution in [2.45, 2.75) is 13.2 Å². The van der Waals surface area contributed by atoms with Gasteiger partial charge in [0.1, 0.15) is 12.4 Å². The fourth-order valence-electron chi connectivity index (χ4n) is 3.60. The molecular formula is C24H27N3O2. The molecule has 5 heteroatoms. The van der Waals surface area contributed by atoms with Gasteiger partial charge in [-0.15, -0.1) is 0 Å². The van der Waals surface area contributed by atoms with Gasteiger partial charge in [0.05, 0.1) is 7.11 Å². The summed E-state index contributed by atoms with van der Waals surface area (Å²) in [5.74, 6) is 2.62. The van der Waals surface area contributed by atoms with Crippen LogP contribution >= 0.6 is 0 Å². The number of benzene rings is 2. The molecule has 150 valence electrons. The number of methoxy groups -OCH3 is 1. The third-order valence-corrected chi connectivity index (χ3v) is 5.22. The number of piperazine rings is 1. The van der Waals surface area contributed by atoms with E-state index in [4.69, 9.17) is 9.47 Å². The lowest BCUT2D eigenvalue weighted by Crippen LogP contribution is -2.46. The highest BCUT2D eigenvalue weighted by atomic mass is 16.5. The SMILES string of the molecule is COc1cc(CN2CCN(c3ccccn3)CC2)ccc1OCc1ccccc1. The van der Waals surface area contributed by atoms with Crippen LogP contribution in [0.25, 0.3) is 0 Å². The average Bonchev–Trinajstić information content (AvgIpc) is 2.80. The zero-order valence-corrected chi connectivity index (χ0v) is 16.8. The minimum atomic E-state index is 0.534. The molecule has 0 bridgehead atoms. The minimum absolute atomic E-state index is 0.534. The molecule has 0 saturated carbocycles. The first-order valence-electron chi connectivity index (χ1n) is 10.0. The van der Waals surface area contributed by atoms with Gasteiger partial charge in [-0.05, 0) is 35.4 Å². The van der Waals surface area contributed by atoms with Crippen LogP contribution in [0.5, 0.6) is 11.5 Å². The molecule has 1 saturated heterocycles. The summed E-state index contributed by atoms with van der Waals surface area (Å²) in [4.78, 5) is 9.28. The fourth-order valence-corrected chi connectivity index (χ4v) is 3.60. The van der Waals surface area contributed by atoms with Gasteiger partial charge >= 0.3 is 0 Å². The van der Waals surface area contributed by atoms with Gasteiger partial charge in [0.15, 0.2) is 11.5 Å². The van der Waals surface area contributed by atoms with Gasteiger partial charge in [-0.25, -0.2) is 4.98 Å². The van der Waals surface area contributed by atoms with Crippen LogP contribution in [0.15, 0.2) is 72.9 Å². The first-order chi connectivity index (χ1) is 14.3. The Morgan fingerprint density at radius 1 is 0.828 bits per heavy atom. The molecule has 0 spiro atoms. The summed E-state index contributed by atoms with van der Waals surface area (Å²) >= 11 is 0. The lowest BCUT2D eigenvalue weighted by atomic mass is 10.1. The van der Waals surface area contributed by atoms with Gasteiger partial charge in [0.2, 0.25) is 0 Å². The second-order valence-electron chi connectivity index (χ2n) is 7.21. The highest BCUT2D eigenvalue weighted by Crippen LogP contribution is 2.29. The molecule has 0 aliphatic carbocycles. The molecule has 5 nitrogen and oxygen atoms in total. The molecule has 2 heterocycles. The van der Waals surface area contributed by atoms with Crippen molar-refractivity contribution in [2.75, 3.05) is 38.2 Å². The number of hydrogen-bond acceptors (Lipinski definition) is 5. The van der Waals surface area contributed by atoms with E-state index in [1.54, 1.807) is 7.11 Å². The third kappa shape index (κ3) is 5.06. The third-order valence-electron chi connectivity index (χ3n) is 5.22. The molecular weight excluding hydrogens is 362 g/mol. The number of aromatic nitrogens is 1. The van der Waals surface area contributed by atoms with Crippen molar-refractivity contribution >= 4 is 5.82 Å². The van der Waals surface area contributed by atoms with E-state index in [1.165, 1.54) is 5.56 Å². The van der Waals surface area contributed by atoms with Crippen molar-refractivity contribution in [3.8, 4) is 11.5 Å². The zero-order chi connectivity index (χ0) is 19.9. The standard InChI is InChI=1S/C24H27N3O2/c1-28-23-17-21(10-11-22(23)29-19-20-7-3-2-4-8-20)18-26-13-15-27(16-14-26)24-9-5-6-12-25-24/h2-12,17H,13-16,18-19H2,1H3. The molecule has 1 fully saturated rings. The lowest BCUT2D eigenvalue weighted by molar-refractivity contribution is 0.248. The van der Waals surface area contributed by atoms with Crippen LogP contribution in [0.1, 0.15) is 11.1 Å². The number of anilines is 1.